The highest BCUT2D eigenvalue weighted by Crippen LogP contribution is 2.17. The summed E-state index contributed by atoms with van der Waals surface area (Å²) in [6.45, 7) is 0. The van der Waals surface area contributed by atoms with Crippen LogP contribution in [0.3, 0.4) is 0 Å². The van der Waals surface area contributed by atoms with Crippen molar-refractivity contribution in [1.82, 2.24) is 0 Å². The molecule has 1 aromatic rings. The highest BCUT2D eigenvalue weighted by Gasteiger charge is 2.19. The topological polar surface area (TPSA) is 40.5 Å². The summed E-state index contributed by atoms with van der Waals surface area (Å²) in [5.41, 5.74) is -0.984. The summed E-state index contributed by atoms with van der Waals surface area (Å²) in [6, 6.07) is 2.40. The van der Waals surface area contributed by atoms with Gasteiger partial charge in [-0.1, -0.05) is 12.1 Å². The van der Waals surface area contributed by atoms with Crippen molar-refractivity contribution in [2.75, 3.05) is 0 Å². The zero-order valence-corrected chi connectivity index (χ0v) is 6.42. The third-order valence-corrected chi connectivity index (χ3v) is 1.55. The minimum Gasteiger partial charge on any atom is -0.423 e. The molecule has 0 amide bonds. The van der Waals surface area contributed by atoms with Gasteiger partial charge < -0.3 is 10.0 Å². The zero-order chi connectivity index (χ0) is 10.0. The molecule has 0 spiro atoms. The molecule has 0 aliphatic carbocycles. The number of halogens is 3. The lowest BCUT2D eigenvalue weighted by Gasteiger charge is -2.04. The number of rotatable bonds is 2. The van der Waals surface area contributed by atoms with Gasteiger partial charge in [0.05, 0.1) is 0 Å². The van der Waals surface area contributed by atoms with Crippen molar-refractivity contribution in [2.24, 2.45) is 0 Å². The summed E-state index contributed by atoms with van der Waals surface area (Å²) in [5, 5.41) is 17.2. The average Bonchev–Trinajstić information content (AvgIpc) is 2.04. The predicted molar refractivity (Wildman–Crippen MR) is 41.2 cm³/mol. The van der Waals surface area contributed by atoms with E-state index in [0.29, 0.717) is 0 Å². The Bertz CT molecular complexity index is 304. The Kier molecular flexibility index (Phi) is 2.95. The lowest BCUT2D eigenvalue weighted by Crippen LogP contribution is -2.33. The monoisotopic (exact) mass is 190 g/mol. The fourth-order valence-electron chi connectivity index (χ4n) is 0.896. The predicted octanol–water partition coefficient (Wildman–Crippen LogP) is 0.443. The number of hydrogen-bond donors (Lipinski definition) is 2. The van der Waals surface area contributed by atoms with Crippen molar-refractivity contribution in [3.63, 3.8) is 0 Å². The van der Waals surface area contributed by atoms with Gasteiger partial charge in [0.1, 0.15) is 5.82 Å². The quantitative estimate of drug-likeness (QED) is 0.664. The molecule has 0 radical (unpaired) electrons. The van der Waals surface area contributed by atoms with Crippen LogP contribution in [-0.4, -0.2) is 17.2 Å². The molecule has 0 saturated heterocycles. The van der Waals surface area contributed by atoms with Gasteiger partial charge in [0.25, 0.3) is 6.43 Å². The van der Waals surface area contributed by atoms with Crippen LogP contribution in [0.5, 0.6) is 0 Å². The van der Waals surface area contributed by atoms with Crippen molar-refractivity contribution in [2.45, 2.75) is 6.43 Å². The first kappa shape index (κ1) is 10.1. The maximum absolute atomic E-state index is 12.7. The first-order valence-corrected chi connectivity index (χ1v) is 3.46. The van der Waals surface area contributed by atoms with Crippen LogP contribution in [-0.2, 0) is 0 Å². The van der Waals surface area contributed by atoms with Crippen LogP contribution >= 0.6 is 0 Å². The smallest absolute Gasteiger partial charge is 0.423 e. The molecule has 13 heavy (non-hydrogen) atoms. The minimum atomic E-state index is -2.75. The Balaban J connectivity index is 3.11. The van der Waals surface area contributed by atoms with Crippen LogP contribution in [0.15, 0.2) is 18.2 Å². The number of benzene rings is 1. The van der Waals surface area contributed by atoms with Crippen LogP contribution in [0, 0.1) is 5.82 Å². The van der Waals surface area contributed by atoms with Crippen molar-refractivity contribution >= 4 is 12.6 Å². The lowest BCUT2D eigenvalue weighted by molar-refractivity contribution is 0.151. The molecule has 70 valence electrons. The highest BCUT2D eigenvalue weighted by molar-refractivity contribution is 6.58. The molecule has 1 rings (SSSR count). The molecule has 0 aliphatic heterocycles. The zero-order valence-electron chi connectivity index (χ0n) is 6.42. The summed E-state index contributed by atoms with van der Waals surface area (Å²) >= 11 is 0. The fourth-order valence-corrected chi connectivity index (χ4v) is 0.896. The Morgan fingerprint density at radius 3 is 2.31 bits per heavy atom. The van der Waals surface area contributed by atoms with Crippen molar-refractivity contribution in [3.8, 4) is 0 Å². The van der Waals surface area contributed by atoms with Crippen molar-refractivity contribution in [3.05, 3.63) is 29.6 Å². The Hall–Kier alpha value is -1.01. The maximum atomic E-state index is 12.7. The highest BCUT2D eigenvalue weighted by atomic mass is 19.3. The van der Waals surface area contributed by atoms with Crippen molar-refractivity contribution < 1.29 is 23.2 Å². The van der Waals surface area contributed by atoms with Gasteiger partial charge in [-0.3, -0.25) is 0 Å². The van der Waals surface area contributed by atoms with E-state index in [1.807, 2.05) is 0 Å². The molecule has 0 bridgehead atoms. The summed E-state index contributed by atoms with van der Waals surface area (Å²) in [7, 11) is -2.07. The molecule has 0 fully saturated rings. The standard InChI is InChI=1S/C7H6BF3O2/c9-6-2-1-4(7(10)11)3-5(6)8(12)13/h1-3,7,12-13H. The molecule has 6 heteroatoms. The second-order valence-corrected chi connectivity index (χ2v) is 2.46. The molecule has 1 aromatic carbocycles. The number of hydrogen-bond acceptors (Lipinski definition) is 2. The van der Waals surface area contributed by atoms with Gasteiger partial charge >= 0.3 is 7.12 Å². The van der Waals surface area contributed by atoms with Crippen LogP contribution in [0.1, 0.15) is 12.0 Å². The van der Waals surface area contributed by atoms with E-state index < -0.39 is 30.4 Å². The first-order valence-electron chi connectivity index (χ1n) is 3.46. The van der Waals surface area contributed by atoms with Crippen LogP contribution in [0.2, 0.25) is 0 Å². The molecule has 2 nitrogen and oxygen atoms in total. The van der Waals surface area contributed by atoms with Gasteiger partial charge in [-0.15, -0.1) is 0 Å². The van der Waals surface area contributed by atoms with Crippen LogP contribution < -0.4 is 5.46 Å². The molecule has 0 atom stereocenters. The van der Waals surface area contributed by atoms with E-state index in [9.17, 15) is 13.2 Å². The second kappa shape index (κ2) is 3.80. The SMILES string of the molecule is OB(O)c1cc(C(F)F)ccc1F. The summed E-state index contributed by atoms with van der Waals surface area (Å²) in [5.74, 6) is -0.917. The number of alkyl halides is 2. The molecule has 0 aliphatic rings. The molecule has 2 N–H and O–H groups in total. The molecule has 0 unspecified atom stereocenters. The summed E-state index contributed by atoms with van der Waals surface area (Å²) < 4.78 is 36.8. The van der Waals surface area contributed by atoms with Gasteiger partial charge in [0, 0.05) is 11.0 Å². The molecular weight excluding hydrogens is 184 g/mol. The summed E-state index contributed by atoms with van der Waals surface area (Å²) in [4.78, 5) is 0. The van der Waals surface area contributed by atoms with E-state index in [1.165, 1.54) is 0 Å². The third-order valence-electron chi connectivity index (χ3n) is 1.55. The third kappa shape index (κ3) is 2.23. The lowest BCUT2D eigenvalue weighted by atomic mass is 9.79. The van der Waals surface area contributed by atoms with Crippen LogP contribution in [0.4, 0.5) is 13.2 Å². The maximum Gasteiger partial charge on any atom is 0.491 e. The fraction of sp³-hybridized carbons (Fsp3) is 0.143. The summed E-state index contributed by atoms with van der Waals surface area (Å²) in [6.07, 6.45) is -2.75. The van der Waals surface area contributed by atoms with E-state index in [4.69, 9.17) is 10.0 Å². The normalized spacial score (nSPS) is 10.6. The van der Waals surface area contributed by atoms with Gasteiger partial charge in [-0.25, -0.2) is 13.2 Å². The minimum absolute atomic E-state index is 0.440. The molecular formula is C7H6BF3O2. The van der Waals surface area contributed by atoms with E-state index in [0.717, 1.165) is 18.2 Å². The van der Waals surface area contributed by atoms with Gasteiger partial charge in [0.2, 0.25) is 0 Å². The molecule has 0 heterocycles. The van der Waals surface area contributed by atoms with E-state index in [-0.39, 0.29) is 0 Å². The van der Waals surface area contributed by atoms with E-state index in [1.54, 1.807) is 0 Å². The van der Waals surface area contributed by atoms with Crippen LogP contribution in [0.25, 0.3) is 0 Å². The van der Waals surface area contributed by atoms with Gasteiger partial charge in [0.15, 0.2) is 0 Å². The van der Waals surface area contributed by atoms with Gasteiger partial charge in [-0.2, -0.15) is 0 Å². The van der Waals surface area contributed by atoms with Crippen molar-refractivity contribution in [1.29, 1.82) is 0 Å². The first-order chi connectivity index (χ1) is 6.02. The van der Waals surface area contributed by atoms with E-state index >= 15 is 0 Å². The Morgan fingerprint density at radius 2 is 1.85 bits per heavy atom. The average molecular weight is 190 g/mol. The Labute approximate surface area is 72.8 Å². The van der Waals surface area contributed by atoms with E-state index in [2.05, 4.69) is 0 Å². The molecule has 0 saturated carbocycles. The molecule has 0 aromatic heterocycles. The second-order valence-electron chi connectivity index (χ2n) is 2.46. The largest absolute Gasteiger partial charge is 0.491 e. The Morgan fingerprint density at radius 1 is 1.23 bits per heavy atom. The van der Waals surface area contributed by atoms with Gasteiger partial charge in [-0.05, 0) is 6.07 Å².